The first-order chi connectivity index (χ1) is 15.0. The summed E-state index contributed by atoms with van der Waals surface area (Å²) in [6, 6.07) is 18.9. The fourth-order valence-electron chi connectivity index (χ4n) is 5.19. The normalized spacial score (nSPS) is 14.9. The van der Waals surface area contributed by atoms with Crippen LogP contribution in [0.4, 0.5) is 5.69 Å². The summed E-state index contributed by atoms with van der Waals surface area (Å²) in [5.41, 5.74) is 8.43. The minimum absolute atomic E-state index is 0.0158. The Labute approximate surface area is 180 Å². The van der Waals surface area contributed by atoms with Crippen LogP contribution < -0.4 is 5.32 Å². The molecule has 3 N–H and O–H groups in total. The smallest absolute Gasteiger partial charge is 0.244 e. The summed E-state index contributed by atoms with van der Waals surface area (Å²) >= 11 is 0. The number of aromatic amines is 2. The number of fused-ring (bicyclic) bond motifs is 3. The van der Waals surface area contributed by atoms with Gasteiger partial charge in [-0.2, -0.15) is 0 Å². The molecule has 6 rings (SSSR count). The van der Waals surface area contributed by atoms with Crippen LogP contribution in [-0.4, -0.2) is 15.9 Å². The Morgan fingerprint density at radius 2 is 1.16 bits per heavy atom. The molecule has 0 atom stereocenters. The van der Waals surface area contributed by atoms with E-state index in [1.54, 1.807) is 0 Å². The van der Waals surface area contributed by atoms with Crippen molar-refractivity contribution in [1.82, 2.24) is 9.97 Å². The van der Waals surface area contributed by atoms with Gasteiger partial charge >= 0.3 is 0 Å². The molecule has 0 unspecified atom stereocenters. The van der Waals surface area contributed by atoms with E-state index in [-0.39, 0.29) is 5.91 Å². The van der Waals surface area contributed by atoms with E-state index in [1.165, 1.54) is 11.1 Å². The molecule has 0 fully saturated rings. The van der Waals surface area contributed by atoms with Crippen LogP contribution in [0, 0.1) is 20.8 Å². The van der Waals surface area contributed by atoms with Gasteiger partial charge in [-0.15, -0.1) is 0 Å². The average Bonchev–Trinajstić information content (AvgIpc) is 3.42. The van der Waals surface area contributed by atoms with Crippen LogP contribution in [0.15, 0.2) is 67.0 Å². The lowest BCUT2D eigenvalue weighted by molar-refractivity contribution is -0.118. The average molecular weight is 406 g/mol. The van der Waals surface area contributed by atoms with Crippen LogP contribution in [0.2, 0.25) is 0 Å². The standard InChI is InChI=1S/C27H23N3O/c1-15-4-7-23-18(10-15)21(13-28-23)27(20-12-17(3)6-9-25(20)30-26(27)31)22-14-29-24-8-5-16(2)11-19(22)24/h4-14,28-29H,1-3H3,(H,30,31). The van der Waals surface area contributed by atoms with Crippen molar-refractivity contribution in [3.8, 4) is 0 Å². The minimum atomic E-state index is -0.945. The molecule has 5 aromatic rings. The van der Waals surface area contributed by atoms with Gasteiger partial charge in [0, 0.05) is 56.6 Å². The number of carbonyl (C=O) groups is 1. The molecule has 0 bridgehead atoms. The van der Waals surface area contributed by atoms with E-state index >= 15 is 0 Å². The highest BCUT2D eigenvalue weighted by Crippen LogP contribution is 2.51. The van der Waals surface area contributed by atoms with E-state index in [0.717, 1.165) is 49.7 Å². The maximum absolute atomic E-state index is 14.0. The quantitative estimate of drug-likeness (QED) is 0.338. The highest BCUT2D eigenvalue weighted by atomic mass is 16.2. The summed E-state index contributed by atoms with van der Waals surface area (Å²) in [6.07, 6.45) is 4.02. The number of anilines is 1. The first-order valence-electron chi connectivity index (χ1n) is 10.6. The van der Waals surface area contributed by atoms with Crippen molar-refractivity contribution in [3.05, 3.63) is 100 Å². The molecule has 152 valence electrons. The number of aryl methyl sites for hydroxylation is 3. The molecule has 0 spiro atoms. The van der Waals surface area contributed by atoms with Crippen LogP contribution in [0.3, 0.4) is 0 Å². The third kappa shape index (κ3) is 2.33. The van der Waals surface area contributed by atoms with Crippen molar-refractivity contribution < 1.29 is 4.79 Å². The molecule has 0 saturated heterocycles. The second-order valence-corrected chi connectivity index (χ2v) is 8.76. The van der Waals surface area contributed by atoms with E-state index in [1.807, 2.05) is 24.5 Å². The molecular formula is C27H23N3O. The van der Waals surface area contributed by atoms with Crippen molar-refractivity contribution >= 4 is 33.4 Å². The van der Waals surface area contributed by atoms with Crippen molar-refractivity contribution in [2.75, 3.05) is 5.32 Å². The van der Waals surface area contributed by atoms with Gasteiger partial charge in [0.2, 0.25) is 5.91 Å². The number of aromatic nitrogens is 2. The van der Waals surface area contributed by atoms with Gasteiger partial charge in [0.05, 0.1) is 0 Å². The summed E-state index contributed by atoms with van der Waals surface area (Å²) in [5.74, 6) is -0.0158. The highest BCUT2D eigenvalue weighted by molar-refractivity contribution is 6.15. The number of hydrogen-bond acceptors (Lipinski definition) is 1. The van der Waals surface area contributed by atoms with Gasteiger partial charge in [0.25, 0.3) is 0 Å². The third-order valence-corrected chi connectivity index (χ3v) is 6.65. The predicted molar refractivity (Wildman–Crippen MR) is 126 cm³/mol. The number of benzene rings is 3. The number of carbonyl (C=O) groups excluding carboxylic acids is 1. The Morgan fingerprint density at radius 1 is 0.645 bits per heavy atom. The second-order valence-electron chi connectivity index (χ2n) is 8.76. The molecule has 4 heteroatoms. The monoisotopic (exact) mass is 405 g/mol. The van der Waals surface area contributed by atoms with E-state index in [2.05, 4.69) is 78.5 Å². The summed E-state index contributed by atoms with van der Waals surface area (Å²) in [7, 11) is 0. The molecule has 3 aromatic carbocycles. The number of nitrogens with one attached hydrogen (secondary N) is 3. The van der Waals surface area contributed by atoms with E-state index in [9.17, 15) is 4.79 Å². The van der Waals surface area contributed by atoms with Gasteiger partial charge in [-0.3, -0.25) is 4.79 Å². The van der Waals surface area contributed by atoms with Gasteiger partial charge in [-0.05, 0) is 51.1 Å². The zero-order valence-corrected chi connectivity index (χ0v) is 17.8. The lowest BCUT2D eigenvalue weighted by atomic mass is 9.69. The fourth-order valence-corrected chi connectivity index (χ4v) is 5.19. The maximum atomic E-state index is 14.0. The highest BCUT2D eigenvalue weighted by Gasteiger charge is 2.52. The molecule has 1 aliphatic rings. The Hall–Kier alpha value is -3.79. The van der Waals surface area contributed by atoms with Crippen molar-refractivity contribution in [2.24, 2.45) is 0 Å². The molecule has 0 aliphatic carbocycles. The summed E-state index contributed by atoms with van der Waals surface area (Å²) in [5, 5.41) is 5.33. The van der Waals surface area contributed by atoms with Crippen molar-refractivity contribution in [3.63, 3.8) is 0 Å². The van der Waals surface area contributed by atoms with Crippen molar-refractivity contribution in [2.45, 2.75) is 26.2 Å². The Kier molecular flexibility index (Phi) is 3.55. The van der Waals surface area contributed by atoms with Gasteiger partial charge in [-0.25, -0.2) is 0 Å². The number of amides is 1. The lowest BCUT2D eigenvalue weighted by Gasteiger charge is -2.28. The predicted octanol–water partition coefficient (Wildman–Crippen LogP) is 5.86. The Morgan fingerprint density at radius 3 is 1.74 bits per heavy atom. The lowest BCUT2D eigenvalue weighted by Crippen LogP contribution is -2.36. The zero-order valence-electron chi connectivity index (χ0n) is 17.8. The summed E-state index contributed by atoms with van der Waals surface area (Å²) < 4.78 is 0. The van der Waals surface area contributed by atoms with Gasteiger partial charge in [0.15, 0.2) is 0 Å². The van der Waals surface area contributed by atoms with Crippen molar-refractivity contribution in [1.29, 1.82) is 0 Å². The molecule has 0 radical (unpaired) electrons. The molecular weight excluding hydrogens is 382 g/mol. The Balaban J connectivity index is 1.80. The number of rotatable bonds is 2. The first kappa shape index (κ1) is 18.0. The number of hydrogen-bond donors (Lipinski definition) is 3. The zero-order chi connectivity index (χ0) is 21.3. The molecule has 31 heavy (non-hydrogen) atoms. The molecule has 0 saturated carbocycles. The maximum Gasteiger partial charge on any atom is 0.244 e. The molecule has 1 aliphatic heterocycles. The first-order valence-corrected chi connectivity index (χ1v) is 10.6. The second kappa shape index (κ2) is 6.11. The molecule has 3 heterocycles. The van der Waals surface area contributed by atoms with Crippen LogP contribution in [0.25, 0.3) is 21.8 Å². The summed E-state index contributed by atoms with van der Waals surface area (Å²) in [6.45, 7) is 6.25. The Bertz CT molecular complexity index is 1440. The van der Waals surface area contributed by atoms with Crippen LogP contribution in [0.1, 0.15) is 33.4 Å². The topological polar surface area (TPSA) is 60.7 Å². The number of H-pyrrole nitrogens is 2. The van der Waals surface area contributed by atoms with E-state index in [0.29, 0.717) is 0 Å². The largest absolute Gasteiger partial charge is 0.361 e. The van der Waals surface area contributed by atoms with Crippen LogP contribution in [-0.2, 0) is 10.2 Å². The van der Waals surface area contributed by atoms with Gasteiger partial charge < -0.3 is 15.3 Å². The fraction of sp³-hybridized carbons (Fsp3) is 0.148. The minimum Gasteiger partial charge on any atom is -0.361 e. The molecule has 4 nitrogen and oxygen atoms in total. The van der Waals surface area contributed by atoms with Gasteiger partial charge in [0.1, 0.15) is 5.41 Å². The van der Waals surface area contributed by atoms with Crippen LogP contribution >= 0.6 is 0 Å². The van der Waals surface area contributed by atoms with E-state index in [4.69, 9.17) is 0 Å². The van der Waals surface area contributed by atoms with E-state index < -0.39 is 5.41 Å². The van der Waals surface area contributed by atoms with Crippen LogP contribution in [0.5, 0.6) is 0 Å². The molecule has 1 amide bonds. The van der Waals surface area contributed by atoms with Gasteiger partial charge in [-0.1, -0.05) is 41.0 Å². The summed E-state index contributed by atoms with van der Waals surface area (Å²) in [4.78, 5) is 20.8. The SMILES string of the molecule is Cc1ccc2c(c1)C(c1c[nH]c3ccc(C)cc13)(c1c[nH]c3ccc(C)cc13)C(=O)N2. The molecule has 2 aromatic heterocycles. The third-order valence-electron chi connectivity index (χ3n) is 6.65.